The molecular weight excluding hydrogens is 1320 g/mol. The summed E-state index contributed by atoms with van der Waals surface area (Å²) in [5, 5.41) is 21.7. The standard InChI is InChI=1S/C52H68F2N16O19P2S2/c1-25(2)37(66-33(72)11-13-57-46(75)26(3)16-34(73)74)30(71)17-28(6-5-12-58-50(56)77)47(76)65-29-9-7-27(8-10-29)18-83-52(79)68(4)14-15-82-51(78)67-43-39-45(62-22-60-43)70(24-64-39)49-36(54)41-32(87-49)20-85-90(80,92)88-40-31(19-84-91(81,93)89-41)86-48(35(40)53)69-23-63-38-42(55)59-21-61-44(38)69/h7-10,21-26,28,31-32,35-37,40-41,48-49H,5-6,11-20H2,1-4H3,(H,57,75)(H,65,76)(H,66,72)(H,73,74)(H,80,92)(H,81,93)(H2,55,59,61)(H3,56,58,77)(H,60,62,67,78)/t26?,28-,31-,32-,35-,36-,37+,40-,41-,48-,49-,90?,91?/m1/s1. The molecule has 0 bridgehead atoms. The number of fused-ring (bicyclic) bond motifs is 4. The Balaban J connectivity index is 0.797. The number of imidazole rings is 2. The lowest BCUT2D eigenvalue weighted by atomic mass is 9.89. The largest absolute Gasteiger partial charge is 0.481 e. The number of alkyl halides is 2. The predicted octanol–water partition coefficient (Wildman–Crippen LogP) is 2.51. The van der Waals surface area contributed by atoms with Gasteiger partial charge in [-0.25, -0.2) is 53.1 Å². The van der Waals surface area contributed by atoms with Crippen molar-refractivity contribution in [2.45, 2.75) is 115 Å². The molecule has 12 N–H and O–H groups in total. The van der Waals surface area contributed by atoms with Crippen LogP contribution >= 0.6 is 13.4 Å². The van der Waals surface area contributed by atoms with Gasteiger partial charge in [-0.05, 0) is 60.1 Å². The molecule has 0 spiro atoms. The van der Waals surface area contributed by atoms with Gasteiger partial charge in [-0.1, -0.05) is 32.9 Å². The van der Waals surface area contributed by atoms with Crippen molar-refractivity contribution in [2.24, 2.45) is 23.5 Å². The van der Waals surface area contributed by atoms with Crippen molar-refractivity contribution in [3.05, 3.63) is 55.1 Å². The number of amides is 7. The number of hydrogen-bond acceptors (Lipinski definition) is 25. The molecule has 3 fully saturated rings. The van der Waals surface area contributed by atoms with Gasteiger partial charge in [0.2, 0.25) is 17.7 Å². The Morgan fingerprint density at radius 3 is 1.97 bits per heavy atom. The van der Waals surface area contributed by atoms with E-state index in [2.05, 4.69) is 56.5 Å². The number of ketones is 1. The van der Waals surface area contributed by atoms with E-state index in [4.69, 9.17) is 77.2 Å². The molecule has 3 unspecified atom stereocenters. The number of anilines is 3. The number of benzene rings is 1. The van der Waals surface area contributed by atoms with Gasteiger partial charge in [-0.3, -0.25) is 47.5 Å². The summed E-state index contributed by atoms with van der Waals surface area (Å²) in [6, 6.07) is 4.48. The van der Waals surface area contributed by atoms with Gasteiger partial charge < -0.3 is 80.5 Å². The Bertz CT molecular complexity index is 3660. The number of nitrogens with zero attached hydrogens (tertiary/aromatic N) is 9. The third kappa shape index (κ3) is 18.8. The highest BCUT2D eigenvalue weighted by Crippen LogP contribution is 2.55. The number of ether oxygens (including phenoxy) is 4. The first-order valence-corrected chi connectivity index (χ1v) is 33.8. The van der Waals surface area contributed by atoms with E-state index in [0.29, 0.717) is 11.3 Å². The molecule has 7 heterocycles. The fourth-order valence-electron chi connectivity index (χ4n) is 9.88. The number of aromatic nitrogens is 8. The summed E-state index contributed by atoms with van der Waals surface area (Å²) in [6.07, 6.45) is -11.6. The summed E-state index contributed by atoms with van der Waals surface area (Å²) in [5.41, 5.74) is 12.0. The molecule has 3 saturated heterocycles. The lowest BCUT2D eigenvalue weighted by molar-refractivity contribution is -0.140. The van der Waals surface area contributed by atoms with Gasteiger partial charge >= 0.3 is 37.6 Å². The van der Waals surface area contributed by atoms with E-state index < -0.39 is 147 Å². The van der Waals surface area contributed by atoms with Crippen LogP contribution in [0.1, 0.15) is 70.9 Å². The maximum absolute atomic E-state index is 16.7. The summed E-state index contributed by atoms with van der Waals surface area (Å²) in [4.78, 5) is 149. The number of carbonyl (C=O) groups excluding carboxylic acids is 7. The number of carboxylic acid groups (broad SMARTS) is 1. The van der Waals surface area contributed by atoms with Crippen molar-refractivity contribution in [3.63, 3.8) is 0 Å². The van der Waals surface area contributed by atoms with E-state index in [-0.39, 0.29) is 98.9 Å². The first-order valence-electron chi connectivity index (χ1n) is 28.7. The van der Waals surface area contributed by atoms with E-state index >= 15 is 8.78 Å². The van der Waals surface area contributed by atoms with Gasteiger partial charge in [0.25, 0.3) is 0 Å². The minimum absolute atomic E-state index is 0.0110. The second-order valence-electron chi connectivity index (χ2n) is 21.9. The normalized spacial score (nSPS) is 24.8. The van der Waals surface area contributed by atoms with Crippen LogP contribution in [0.15, 0.2) is 49.6 Å². The number of rotatable bonds is 25. The average molecular weight is 1390 g/mol. The molecular formula is C52H68F2N16O19P2S2. The van der Waals surface area contributed by atoms with Crippen molar-refractivity contribution in [3.8, 4) is 0 Å². The second-order valence-corrected chi connectivity index (χ2v) is 27.5. The Morgan fingerprint density at radius 2 is 1.38 bits per heavy atom. The number of nitrogens with one attached hydrogen (secondary N) is 5. The zero-order chi connectivity index (χ0) is 67.5. The first-order chi connectivity index (χ1) is 44.1. The van der Waals surface area contributed by atoms with Crippen molar-refractivity contribution in [1.29, 1.82) is 0 Å². The van der Waals surface area contributed by atoms with E-state index in [9.17, 15) is 48.1 Å². The molecule has 5 aromatic rings. The minimum atomic E-state index is -4.44. The summed E-state index contributed by atoms with van der Waals surface area (Å²) in [7, 11) is 1.39. The lowest BCUT2D eigenvalue weighted by Crippen LogP contribution is -2.46. The molecule has 7 amide bonds. The first kappa shape index (κ1) is 71.2. The molecule has 3 aliphatic rings. The zero-order valence-corrected chi connectivity index (χ0v) is 53.5. The fourth-order valence-corrected chi connectivity index (χ4v) is 12.8. The van der Waals surface area contributed by atoms with Crippen molar-refractivity contribution < 1.29 is 99.1 Å². The van der Waals surface area contributed by atoms with Crippen molar-refractivity contribution >= 4 is 124 Å². The highest BCUT2D eigenvalue weighted by atomic mass is 32.5. The number of nitrogens with two attached hydrogens (primary N) is 2. The second kappa shape index (κ2) is 31.5. The lowest BCUT2D eigenvalue weighted by Gasteiger charge is -2.29. The smallest absolute Gasteiger partial charge is 0.412 e. The molecule has 0 radical (unpaired) electrons. The van der Waals surface area contributed by atoms with Gasteiger partial charge in [0.1, 0.15) is 55.8 Å². The van der Waals surface area contributed by atoms with E-state index in [1.54, 1.807) is 38.1 Å². The number of hydrogen-bond donors (Lipinski definition) is 10. The topological polar surface area (TPSA) is 474 Å². The number of urea groups is 1. The number of carboxylic acids is 1. The molecule has 506 valence electrons. The molecule has 13 atom stereocenters. The maximum Gasteiger partial charge on any atom is 0.412 e. The van der Waals surface area contributed by atoms with Crippen LogP contribution in [0.3, 0.4) is 0 Å². The summed E-state index contributed by atoms with van der Waals surface area (Å²) in [5.74, 6) is -5.53. The molecule has 8 rings (SSSR count). The highest BCUT2D eigenvalue weighted by Gasteiger charge is 2.54. The number of likely N-dealkylation sites (N-methyl/N-ethyl adjacent to an activating group) is 1. The quantitative estimate of drug-likeness (QED) is 0.0296. The molecule has 41 heteroatoms. The van der Waals surface area contributed by atoms with Crippen LogP contribution in [0.2, 0.25) is 0 Å². The minimum Gasteiger partial charge on any atom is -0.481 e. The molecule has 1 aromatic carbocycles. The molecule has 0 aliphatic carbocycles. The van der Waals surface area contributed by atoms with Crippen LogP contribution in [0.5, 0.6) is 0 Å². The van der Waals surface area contributed by atoms with Gasteiger partial charge in [0, 0.05) is 50.5 Å². The zero-order valence-electron chi connectivity index (χ0n) is 50.1. The third-order valence-corrected chi connectivity index (χ3v) is 17.8. The fraction of sp³-hybridized carbons (Fsp3) is 0.538. The summed E-state index contributed by atoms with van der Waals surface area (Å²) >= 11 is 10.5. The van der Waals surface area contributed by atoms with Gasteiger partial charge in [0.15, 0.2) is 59.0 Å². The molecule has 93 heavy (non-hydrogen) atoms. The SMILES string of the molecule is CC(CC(=O)O)C(=O)NCCC(=O)N[C@H](C(=O)C[C@@H](CCCNC(N)=O)C(=O)Nc1ccc(COC(=O)N(C)CCOC(=O)Nc2ncnc3c2ncn3[C@@H]2O[C@@H]3COP(O)(=S)O[C@H]4[C@@H](F)[C@H](n5cnc6c(N)ncnc65)O[C@@H]4COP(O)(=S)O[C@H]3[C@H]2F)cc1)C(C)C. The Hall–Kier alpha value is -7.68. The average Bonchev–Trinajstić information content (AvgIpc) is 1.62. The monoisotopic (exact) mass is 1380 g/mol. The van der Waals surface area contributed by atoms with E-state index in [1.165, 1.54) is 24.9 Å². The summed E-state index contributed by atoms with van der Waals surface area (Å²) < 4.78 is 80.4. The number of carbonyl (C=O) groups is 8. The van der Waals surface area contributed by atoms with E-state index in [0.717, 1.165) is 28.4 Å². The Morgan fingerprint density at radius 1 is 0.785 bits per heavy atom. The van der Waals surface area contributed by atoms with Gasteiger partial charge in [-0.2, -0.15) is 0 Å². The third-order valence-electron chi connectivity index (χ3n) is 14.7. The molecule has 0 saturated carbocycles. The summed E-state index contributed by atoms with van der Waals surface area (Å²) in [6.45, 7) is -6.13. The van der Waals surface area contributed by atoms with Crippen LogP contribution in [-0.2, 0) is 91.2 Å². The number of aliphatic carboxylic acids is 1. The van der Waals surface area contributed by atoms with Crippen molar-refractivity contribution in [1.82, 2.24) is 59.9 Å². The Labute approximate surface area is 537 Å². The predicted molar refractivity (Wildman–Crippen MR) is 326 cm³/mol. The number of Topliss-reactive ketones (excluding diaryl/α,β-unsaturated/α-hetero) is 1. The van der Waals surface area contributed by atoms with Crippen LogP contribution in [0.4, 0.5) is 40.5 Å². The van der Waals surface area contributed by atoms with Crippen LogP contribution in [-0.4, -0.2) is 196 Å². The van der Waals surface area contributed by atoms with Crippen LogP contribution in [0.25, 0.3) is 22.3 Å². The molecule has 35 nitrogen and oxygen atoms in total. The van der Waals surface area contributed by atoms with Gasteiger partial charge in [0.05, 0.1) is 44.9 Å². The number of nitrogen functional groups attached to an aromatic ring is 1. The van der Waals surface area contributed by atoms with Gasteiger partial charge in [-0.15, -0.1) is 0 Å². The number of primary amides is 1. The molecule has 4 aromatic heterocycles. The van der Waals surface area contributed by atoms with Crippen LogP contribution in [0, 0.1) is 17.8 Å². The maximum atomic E-state index is 16.7. The van der Waals surface area contributed by atoms with Crippen LogP contribution < -0.4 is 38.1 Å². The van der Waals surface area contributed by atoms with Crippen molar-refractivity contribution in [2.75, 3.05) is 62.9 Å². The Kier molecular flexibility index (Phi) is 24.1. The molecule has 3 aliphatic heterocycles. The number of halogens is 2. The van der Waals surface area contributed by atoms with E-state index in [1.807, 2.05) is 0 Å². The highest BCUT2D eigenvalue weighted by molar-refractivity contribution is 8.07.